The number of piperazine rings is 1. The maximum Gasteiger partial charge on any atom is 0.235 e. The molecule has 0 bridgehead atoms. The van der Waals surface area contributed by atoms with Crippen molar-refractivity contribution in [2.75, 3.05) is 38.2 Å². The van der Waals surface area contributed by atoms with Gasteiger partial charge in [0.15, 0.2) is 0 Å². The maximum atomic E-state index is 11.7. The van der Waals surface area contributed by atoms with E-state index in [2.05, 4.69) is 11.5 Å². The topological polar surface area (TPSA) is 49.9 Å². The van der Waals surface area contributed by atoms with Crippen molar-refractivity contribution < 1.29 is 13.2 Å². The molecule has 6 heteroatoms. The fourth-order valence-corrected chi connectivity index (χ4v) is 2.98. The van der Waals surface area contributed by atoms with Crippen LogP contribution in [0.3, 0.4) is 0 Å². The van der Waals surface area contributed by atoms with Gasteiger partial charge in [-0.1, -0.05) is 6.58 Å². The number of benzene rings is 1. The summed E-state index contributed by atoms with van der Waals surface area (Å²) in [4.78, 5) is 2.16. The molecule has 1 saturated heterocycles. The Morgan fingerprint density at radius 2 is 1.74 bits per heavy atom. The van der Waals surface area contributed by atoms with Gasteiger partial charge in [-0.3, -0.25) is 0 Å². The Morgan fingerprint density at radius 3 is 2.21 bits per heavy atom. The van der Waals surface area contributed by atoms with Gasteiger partial charge < -0.3 is 9.64 Å². The molecule has 0 unspecified atom stereocenters. The third-order valence-corrected chi connectivity index (χ3v) is 4.75. The number of nitrogens with zero attached hydrogens (tertiary/aromatic N) is 2. The second kappa shape index (κ2) is 5.63. The molecular formula is C13H18N2O3S. The van der Waals surface area contributed by atoms with Crippen LogP contribution in [0.4, 0.5) is 5.69 Å². The van der Waals surface area contributed by atoms with Crippen LogP contribution in [0.1, 0.15) is 0 Å². The van der Waals surface area contributed by atoms with E-state index in [1.165, 1.54) is 4.31 Å². The zero-order valence-corrected chi connectivity index (χ0v) is 11.8. The molecular weight excluding hydrogens is 264 g/mol. The van der Waals surface area contributed by atoms with Crippen molar-refractivity contribution in [2.45, 2.75) is 0 Å². The molecule has 0 amide bonds. The highest BCUT2D eigenvalue weighted by molar-refractivity contribution is 7.92. The molecule has 0 atom stereocenters. The van der Waals surface area contributed by atoms with Crippen LogP contribution in [0.2, 0.25) is 0 Å². The number of anilines is 1. The van der Waals surface area contributed by atoms with E-state index < -0.39 is 10.0 Å². The SMILES string of the molecule is C=CS(=O)(=O)N1CCN(c2ccc(OC)cc2)CC1. The molecule has 1 fully saturated rings. The van der Waals surface area contributed by atoms with Gasteiger partial charge in [0.25, 0.3) is 0 Å². The van der Waals surface area contributed by atoms with Gasteiger partial charge in [0.1, 0.15) is 5.75 Å². The van der Waals surface area contributed by atoms with Gasteiger partial charge in [0, 0.05) is 37.3 Å². The number of hydrogen-bond donors (Lipinski definition) is 0. The predicted molar refractivity (Wildman–Crippen MR) is 75.9 cm³/mol. The van der Waals surface area contributed by atoms with E-state index in [9.17, 15) is 8.42 Å². The lowest BCUT2D eigenvalue weighted by Gasteiger charge is -2.34. The first-order valence-corrected chi connectivity index (χ1v) is 7.59. The Bertz CT molecular complexity index is 532. The van der Waals surface area contributed by atoms with Gasteiger partial charge in [-0.25, -0.2) is 8.42 Å². The molecule has 1 aliphatic rings. The van der Waals surface area contributed by atoms with Gasteiger partial charge in [-0.2, -0.15) is 4.31 Å². The molecule has 1 aromatic carbocycles. The van der Waals surface area contributed by atoms with Gasteiger partial charge >= 0.3 is 0 Å². The summed E-state index contributed by atoms with van der Waals surface area (Å²) < 4.78 is 29.9. The van der Waals surface area contributed by atoms with E-state index in [1.807, 2.05) is 24.3 Å². The van der Waals surface area contributed by atoms with Crippen molar-refractivity contribution in [3.63, 3.8) is 0 Å². The van der Waals surface area contributed by atoms with Crippen LogP contribution >= 0.6 is 0 Å². The summed E-state index contributed by atoms with van der Waals surface area (Å²) in [6.45, 7) is 5.68. The minimum atomic E-state index is -3.29. The molecule has 0 N–H and O–H groups in total. The predicted octanol–water partition coefficient (Wildman–Crippen LogP) is 1.29. The Morgan fingerprint density at radius 1 is 1.16 bits per heavy atom. The Balaban J connectivity index is 2.01. The fourth-order valence-electron chi connectivity index (χ4n) is 2.10. The Labute approximate surface area is 114 Å². The van der Waals surface area contributed by atoms with Gasteiger partial charge in [-0.05, 0) is 24.3 Å². The molecule has 2 rings (SSSR count). The molecule has 104 valence electrons. The van der Waals surface area contributed by atoms with E-state index in [-0.39, 0.29) is 0 Å². The van der Waals surface area contributed by atoms with Gasteiger partial charge in [-0.15, -0.1) is 0 Å². The highest BCUT2D eigenvalue weighted by Crippen LogP contribution is 2.21. The van der Waals surface area contributed by atoms with Gasteiger partial charge in [0.05, 0.1) is 7.11 Å². The minimum Gasteiger partial charge on any atom is -0.497 e. The number of ether oxygens (including phenoxy) is 1. The van der Waals surface area contributed by atoms with Crippen LogP contribution in [0.5, 0.6) is 5.75 Å². The largest absolute Gasteiger partial charge is 0.497 e. The molecule has 0 spiro atoms. The summed E-state index contributed by atoms with van der Waals surface area (Å²) in [6.07, 6.45) is 0. The van der Waals surface area contributed by atoms with E-state index >= 15 is 0 Å². The second-order valence-electron chi connectivity index (χ2n) is 4.30. The summed E-state index contributed by atoms with van der Waals surface area (Å²) in [7, 11) is -1.65. The van der Waals surface area contributed by atoms with Crippen LogP contribution in [0, 0.1) is 0 Å². The van der Waals surface area contributed by atoms with Crippen LogP contribution in [0.15, 0.2) is 36.3 Å². The first-order valence-electron chi connectivity index (χ1n) is 6.08. The lowest BCUT2D eigenvalue weighted by Crippen LogP contribution is -2.48. The third-order valence-electron chi connectivity index (χ3n) is 3.25. The average molecular weight is 282 g/mol. The molecule has 0 aliphatic carbocycles. The summed E-state index contributed by atoms with van der Waals surface area (Å²) in [5, 5.41) is 1.01. The van der Waals surface area contributed by atoms with Crippen molar-refractivity contribution in [3.05, 3.63) is 36.3 Å². The molecule has 0 radical (unpaired) electrons. The third kappa shape index (κ3) is 3.08. The number of methoxy groups -OCH3 is 1. The van der Waals surface area contributed by atoms with Crippen LogP contribution in [-0.4, -0.2) is 46.0 Å². The smallest absolute Gasteiger partial charge is 0.235 e. The minimum absolute atomic E-state index is 0.486. The zero-order chi connectivity index (χ0) is 13.9. The van der Waals surface area contributed by atoms with Crippen molar-refractivity contribution in [1.29, 1.82) is 0 Å². The second-order valence-corrected chi connectivity index (χ2v) is 6.18. The number of sulfonamides is 1. The zero-order valence-electron chi connectivity index (χ0n) is 10.9. The average Bonchev–Trinajstić information content (AvgIpc) is 2.47. The van der Waals surface area contributed by atoms with Crippen LogP contribution < -0.4 is 9.64 Å². The number of hydrogen-bond acceptors (Lipinski definition) is 4. The molecule has 0 saturated carbocycles. The summed E-state index contributed by atoms with van der Waals surface area (Å²) in [5.74, 6) is 0.816. The van der Waals surface area contributed by atoms with Crippen molar-refractivity contribution in [3.8, 4) is 5.75 Å². The van der Waals surface area contributed by atoms with E-state index in [4.69, 9.17) is 4.74 Å². The van der Waals surface area contributed by atoms with E-state index in [0.29, 0.717) is 26.2 Å². The first kappa shape index (κ1) is 13.9. The fraction of sp³-hybridized carbons (Fsp3) is 0.385. The van der Waals surface area contributed by atoms with Crippen molar-refractivity contribution >= 4 is 15.7 Å². The Hall–Kier alpha value is -1.53. The molecule has 1 aromatic rings. The van der Waals surface area contributed by atoms with Crippen LogP contribution in [-0.2, 0) is 10.0 Å². The lowest BCUT2D eigenvalue weighted by atomic mass is 10.2. The molecule has 0 aromatic heterocycles. The monoisotopic (exact) mass is 282 g/mol. The molecule has 19 heavy (non-hydrogen) atoms. The Kier molecular flexibility index (Phi) is 4.11. The van der Waals surface area contributed by atoms with Crippen molar-refractivity contribution in [2.24, 2.45) is 0 Å². The maximum absolute atomic E-state index is 11.7. The standard InChI is InChI=1S/C13H18N2O3S/c1-3-19(16,17)15-10-8-14(9-11-15)12-4-6-13(18-2)7-5-12/h3-7H,1,8-11H2,2H3. The summed E-state index contributed by atoms with van der Waals surface area (Å²) >= 11 is 0. The highest BCUT2D eigenvalue weighted by atomic mass is 32.2. The van der Waals surface area contributed by atoms with Crippen LogP contribution in [0.25, 0.3) is 0 Å². The lowest BCUT2D eigenvalue weighted by molar-refractivity contribution is 0.389. The summed E-state index contributed by atoms with van der Waals surface area (Å²) in [6, 6.07) is 7.78. The van der Waals surface area contributed by atoms with E-state index in [1.54, 1.807) is 7.11 Å². The van der Waals surface area contributed by atoms with Crippen molar-refractivity contribution in [1.82, 2.24) is 4.31 Å². The molecule has 1 aliphatic heterocycles. The van der Waals surface area contributed by atoms with E-state index in [0.717, 1.165) is 16.8 Å². The summed E-state index contributed by atoms with van der Waals surface area (Å²) in [5.41, 5.74) is 1.08. The molecule has 5 nitrogen and oxygen atoms in total. The molecule has 1 heterocycles. The quantitative estimate of drug-likeness (QED) is 0.835. The van der Waals surface area contributed by atoms with Gasteiger partial charge in [0.2, 0.25) is 10.0 Å². The first-order chi connectivity index (χ1) is 9.06. The normalized spacial score (nSPS) is 17.2. The number of rotatable bonds is 4. The highest BCUT2D eigenvalue weighted by Gasteiger charge is 2.24.